The Morgan fingerprint density at radius 2 is 1.61 bits per heavy atom. The van der Waals surface area contributed by atoms with E-state index in [1.54, 1.807) is 24.3 Å². The fraction of sp³-hybridized carbons (Fsp3) is 0.593. The minimum atomic E-state index is -2.75. The maximum atomic E-state index is 14.1. The van der Waals surface area contributed by atoms with Crippen LogP contribution in [0.4, 0.5) is 14.7 Å². The van der Waals surface area contributed by atoms with Gasteiger partial charge in [-0.3, -0.25) is 9.47 Å². The number of hydrogen-bond donors (Lipinski definition) is 0. The SMILES string of the molecule is FC(F)c1nc2ccccc2n1-c1cc(OC[C@H]2CC[C@H](N3CCOCC3)CC2)nc(N2CCOCC2)n1. The summed E-state index contributed by atoms with van der Waals surface area (Å²) in [4.78, 5) is 18.1. The van der Waals surface area contributed by atoms with Crippen LogP contribution in [0.5, 0.6) is 5.88 Å². The Labute approximate surface area is 220 Å². The van der Waals surface area contributed by atoms with Gasteiger partial charge >= 0.3 is 0 Å². The molecule has 4 heterocycles. The first-order valence-electron chi connectivity index (χ1n) is 13.6. The first kappa shape index (κ1) is 25.4. The Morgan fingerprint density at radius 3 is 2.34 bits per heavy atom. The lowest BCUT2D eigenvalue weighted by molar-refractivity contribution is 0.00296. The van der Waals surface area contributed by atoms with E-state index in [-0.39, 0.29) is 5.82 Å². The number of hydrogen-bond acceptors (Lipinski definition) is 8. The van der Waals surface area contributed by atoms with Gasteiger partial charge in [0.2, 0.25) is 11.8 Å². The number of rotatable bonds is 7. The van der Waals surface area contributed by atoms with Crippen LogP contribution in [0.25, 0.3) is 16.9 Å². The van der Waals surface area contributed by atoms with Crippen molar-refractivity contribution in [2.75, 3.05) is 64.1 Å². The van der Waals surface area contributed by atoms with E-state index in [1.807, 2.05) is 11.0 Å². The predicted octanol–water partition coefficient (Wildman–Crippen LogP) is 3.86. The van der Waals surface area contributed by atoms with E-state index in [2.05, 4.69) is 14.9 Å². The van der Waals surface area contributed by atoms with E-state index < -0.39 is 6.43 Å². The zero-order valence-corrected chi connectivity index (χ0v) is 21.5. The van der Waals surface area contributed by atoms with Crippen LogP contribution < -0.4 is 9.64 Å². The number of anilines is 1. The molecule has 3 aromatic rings. The van der Waals surface area contributed by atoms with Crippen molar-refractivity contribution in [2.24, 2.45) is 5.92 Å². The molecular formula is C27H34F2N6O3. The average molecular weight is 529 g/mol. The molecular weight excluding hydrogens is 494 g/mol. The molecule has 38 heavy (non-hydrogen) atoms. The van der Waals surface area contributed by atoms with Crippen LogP contribution in [-0.4, -0.2) is 89.7 Å². The molecule has 0 amide bonds. The molecule has 0 bridgehead atoms. The Kier molecular flexibility index (Phi) is 7.66. The third-order valence-electron chi connectivity index (χ3n) is 7.83. The van der Waals surface area contributed by atoms with Crippen molar-refractivity contribution in [3.63, 3.8) is 0 Å². The highest BCUT2D eigenvalue weighted by molar-refractivity contribution is 5.78. The third kappa shape index (κ3) is 5.45. The highest BCUT2D eigenvalue weighted by atomic mass is 19.3. The Bertz CT molecular complexity index is 1220. The number of benzene rings is 1. The van der Waals surface area contributed by atoms with Gasteiger partial charge in [-0.2, -0.15) is 9.97 Å². The van der Waals surface area contributed by atoms with Crippen molar-refractivity contribution in [3.05, 3.63) is 36.2 Å². The summed E-state index contributed by atoms with van der Waals surface area (Å²) in [5, 5.41) is 0. The van der Waals surface area contributed by atoms with Gasteiger partial charge in [-0.05, 0) is 43.7 Å². The number of fused-ring (bicyclic) bond motifs is 1. The quantitative estimate of drug-likeness (QED) is 0.458. The molecule has 0 unspecified atom stereocenters. The van der Waals surface area contributed by atoms with Crippen LogP contribution in [-0.2, 0) is 9.47 Å². The van der Waals surface area contributed by atoms with Gasteiger partial charge in [-0.25, -0.2) is 13.8 Å². The summed E-state index contributed by atoms with van der Waals surface area (Å²) in [7, 11) is 0. The lowest BCUT2D eigenvalue weighted by atomic mass is 9.85. The van der Waals surface area contributed by atoms with Gasteiger partial charge in [0.25, 0.3) is 6.43 Å². The molecule has 9 nitrogen and oxygen atoms in total. The monoisotopic (exact) mass is 528 g/mol. The third-order valence-corrected chi connectivity index (χ3v) is 7.83. The molecule has 204 valence electrons. The summed E-state index contributed by atoms with van der Waals surface area (Å²) in [5.41, 5.74) is 1.07. The molecule has 3 aliphatic rings. The maximum Gasteiger partial charge on any atom is 0.296 e. The molecule has 1 saturated carbocycles. The van der Waals surface area contributed by atoms with E-state index in [0.717, 1.165) is 52.0 Å². The van der Waals surface area contributed by atoms with Crippen molar-refractivity contribution in [1.29, 1.82) is 0 Å². The molecule has 1 aliphatic carbocycles. The van der Waals surface area contributed by atoms with E-state index >= 15 is 0 Å². The number of halogens is 2. The molecule has 0 N–H and O–H groups in total. The second-order valence-electron chi connectivity index (χ2n) is 10.2. The number of morpholine rings is 2. The zero-order chi connectivity index (χ0) is 25.9. The van der Waals surface area contributed by atoms with Gasteiger partial charge in [-0.15, -0.1) is 0 Å². The summed E-state index contributed by atoms with van der Waals surface area (Å²) in [6.45, 7) is 6.60. The van der Waals surface area contributed by atoms with Crippen LogP contribution in [0.3, 0.4) is 0 Å². The van der Waals surface area contributed by atoms with Gasteiger partial charge < -0.3 is 19.1 Å². The van der Waals surface area contributed by atoms with Gasteiger partial charge in [-0.1, -0.05) is 12.1 Å². The smallest absolute Gasteiger partial charge is 0.296 e. The number of imidazole rings is 1. The van der Waals surface area contributed by atoms with Crippen LogP contribution in [0.15, 0.2) is 30.3 Å². The van der Waals surface area contributed by atoms with E-state index in [4.69, 9.17) is 19.2 Å². The van der Waals surface area contributed by atoms with Crippen molar-refractivity contribution in [2.45, 2.75) is 38.2 Å². The topological polar surface area (TPSA) is 77.8 Å². The van der Waals surface area contributed by atoms with Gasteiger partial charge in [0.1, 0.15) is 5.82 Å². The normalized spacial score (nSPS) is 23.3. The lowest BCUT2D eigenvalue weighted by Gasteiger charge is -2.38. The summed E-state index contributed by atoms with van der Waals surface area (Å²) >= 11 is 0. The fourth-order valence-corrected chi connectivity index (χ4v) is 5.75. The van der Waals surface area contributed by atoms with Crippen molar-refractivity contribution in [1.82, 2.24) is 24.4 Å². The second kappa shape index (κ2) is 11.5. The Hall–Kier alpha value is -2.89. The minimum absolute atomic E-state index is 0.330. The predicted molar refractivity (Wildman–Crippen MR) is 138 cm³/mol. The summed E-state index contributed by atoms with van der Waals surface area (Å²) in [5.74, 6) is 1.27. The molecule has 1 aromatic carbocycles. The van der Waals surface area contributed by atoms with Crippen LogP contribution in [0.2, 0.25) is 0 Å². The molecule has 2 aromatic heterocycles. The summed E-state index contributed by atoms with van der Waals surface area (Å²) in [6.07, 6.45) is 1.74. The van der Waals surface area contributed by atoms with Gasteiger partial charge in [0.05, 0.1) is 44.1 Å². The zero-order valence-electron chi connectivity index (χ0n) is 21.5. The maximum absolute atomic E-state index is 14.1. The number of alkyl halides is 2. The summed E-state index contributed by atoms with van der Waals surface area (Å²) in [6, 6.07) is 9.38. The molecule has 0 radical (unpaired) electrons. The van der Waals surface area contributed by atoms with Gasteiger partial charge in [0, 0.05) is 38.3 Å². The minimum Gasteiger partial charge on any atom is -0.477 e. The van der Waals surface area contributed by atoms with Crippen LogP contribution >= 0.6 is 0 Å². The number of aromatic nitrogens is 4. The lowest BCUT2D eigenvalue weighted by Crippen LogP contribution is -2.45. The Balaban J connectivity index is 1.24. The molecule has 2 aliphatic heterocycles. The molecule has 0 atom stereocenters. The molecule has 11 heteroatoms. The first-order valence-corrected chi connectivity index (χ1v) is 13.6. The largest absolute Gasteiger partial charge is 0.477 e. The van der Waals surface area contributed by atoms with Crippen LogP contribution in [0.1, 0.15) is 37.9 Å². The molecule has 2 saturated heterocycles. The van der Waals surface area contributed by atoms with Crippen molar-refractivity contribution >= 4 is 17.0 Å². The number of para-hydroxylation sites is 2. The van der Waals surface area contributed by atoms with E-state index in [9.17, 15) is 8.78 Å². The van der Waals surface area contributed by atoms with Gasteiger partial charge in [0.15, 0.2) is 5.82 Å². The van der Waals surface area contributed by atoms with Crippen molar-refractivity contribution in [3.8, 4) is 11.7 Å². The van der Waals surface area contributed by atoms with Crippen LogP contribution in [0, 0.1) is 5.92 Å². The summed E-state index contributed by atoms with van der Waals surface area (Å²) < 4.78 is 46.8. The standard InChI is InChI=1S/C27H34F2N6O3/c28-25(29)26-30-21-3-1-2-4-22(21)35(26)23-17-24(32-27(31-23)34-11-15-37-16-12-34)38-18-19-5-7-20(8-6-19)33-9-13-36-14-10-33/h1-4,17,19-20,25H,5-16,18H2/t19-,20-. The first-order chi connectivity index (χ1) is 18.7. The Morgan fingerprint density at radius 1 is 0.895 bits per heavy atom. The van der Waals surface area contributed by atoms with E-state index in [1.165, 1.54) is 4.57 Å². The average Bonchev–Trinajstić information content (AvgIpc) is 3.37. The highest BCUT2D eigenvalue weighted by Gasteiger charge is 2.28. The highest BCUT2D eigenvalue weighted by Crippen LogP contribution is 2.31. The number of nitrogens with zero attached hydrogens (tertiary/aromatic N) is 6. The fourth-order valence-electron chi connectivity index (χ4n) is 5.75. The van der Waals surface area contributed by atoms with E-state index in [0.29, 0.717) is 73.5 Å². The number of ether oxygens (including phenoxy) is 3. The molecule has 3 fully saturated rings. The second-order valence-corrected chi connectivity index (χ2v) is 10.2. The molecule has 6 rings (SSSR count). The molecule has 0 spiro atoms. The van der Waals surface area contributed by atoms with Crippen molar-refractivity contribution < 1.29 is 23.0 Å².